The van der Waals surface area contributed by atoms with Gasteiger partial charge in [-0.15, -0.1) is 0 Å². The number of nitrogens with two attached hydrogens (primary N) is 1. The predicted octanol–water partition coefficient (Wildman–Crippen LogP) is -0.620. The molecule has 5 nitrogen and oxygen atoms in total. The summed E-state index contributed by atoms with van der Waals surface area (Å²) in [7, 11) is 0. The van der Waals surface area contributed by atoms with Crippen LogP contribution in [0.5, 0.6) is 0 Å². The Labute approximate surface area is 90.0 Å². The molecule has 0 saturated carbocycles. The zero-order valence-corrected chi connectivity index (χ0v) is 9.11. The summed E-state index contributed by atoms with van der Waals surface area (Å²) in [6.45, 7) is 2.62. The van der Waals surface area contributed by atoms with Crippen molar-refractivity contribution < 1.29 is 14.6 Å². The molecule has 3 unspecified atom stereocenters. The van der Waals surface area contributed by atoms with Crippen molar-refractivity contribution in [3.8, 4) is 0 Å². The molecular weight excluding hydrogens is 196 g/mol. The maximum Gasteiger partial charge on any atom is 0.249 e. The van der Waals surface area contributed by atoms with Crippen molar-refractivity contribution in [1.29, 1.82) is 0 Å². The molecule has 0 aliphatic carbocycles. The number of amides is 1. The highest BCUT2D eigenvalue weighted by atomic mass is 16.5. The van der Waals surface area contributed by atoms with E-state index < -0.39 is 6.10 Å². The molecule has 1 aliphatic rings. The van der Waals surface area contributed by atoms with E-state index in [2.05, 4.69) is 5.32 Å². The minimum atomic E-state index is -0.472. The Hall–Kier alpha value is -0.650. The van der Waals surface area contributed by atoms with E-state index in [1.807, 2.05) is 6.92 Å². The summed E-state index contributed by atoms with van der Waals surface area (Å²) >= 11 is 0. The highest BCUT2D eigenvalue weighted by molar-refractivity contribution is 5.81. The molecule has 88 valence electrons. The molecule has 0 aromatic carbocycles. The van der Waals surface area contributed by atoms with E-state index in [0.29, 0.717) is 19.5 Å². The Kier molecular flexibility index (Phi) is 5.01. The van der Waals surface area contributed by atoms with Crippen LogP contribution in [-0.2, 0) is 9.53 Å². The molecule has 1 amide bonds. The van der Waals surface area contributed by atoms with Crippen LogP contribution in [-0.4, -0.2) is 42.4 Å². The standard InChI is InChI=1S/C10H20N2O3/c1-2-7(13)6-12-10(14)9-4-3-8(5-11)15-9/h7-9,13H,2-6,11H2,1H3,(H,12,14). The first-order chi connectivity index (χ1) is 7.17. The van der Waals surface area contributed by atoms with Gasteiger partial charge < -0.3 is 20.9 Å². The zero-order valence-electron chi connectivity index (χ0n) is 9.11. The van der Waals surface area contributed by atoms with Crippen molar-refractivity contribution in [2.45, 2.75) is 44.5 Å². The summed E-state index contributed by atoms with van der Waals surface area (Å²) in [6.07, 6.45) is 1.35. The van der Waals surface area contributed by atoms with Crippen LogP contribution in [0.4, 0.5) is 0 Å². The van der Waals surface area contributed by atoms with Gasteiger partial charge in [0.25, 0.3) is 0 Å². The van der Waals surface area contributed by atoms with Gasteiger partial charge in [-0.05, 0) is 19.3 Å². The van der Waals surface area contributed by atoms with E-state index in [9.17, 15) is 9.90 Å². The molecule has 1 heterocycles. The number of carbonyl (C=O) groups excluding carboxylic acids is 1. The molecule has 3 atom stereocenters. The average Bonchev–Trinajstić information content (AvgIpc) is 2.73. The van der Waals surface area contributed by atoms with Crippen LogP contribution in [0.2, 0.25) is 0 Å². The van der Waals surface area contributed by atoms with E-state index in [0.717, 1.165) is 12.8 Å². The Balaban J connectivity index is 2.23. The normalized spacial score (nSPS) is 27.7. The number of nitrogens with one attached hydrogen (secondary N) is 1. The molecule has 15 heavy (non-hydrogen) atoms. The summed E-state index contributed by atoms with van der Waals surface area (Å²) in [5.74, 6) is -0.140. The third kappa shape index (κ3) is 3.77. The van der Waals surface area contributed by atoms with Crippen LogP contribution in [0.25, 0.3) is 0 Å². The van der Waals surface area contributed by atoms with Gasteiger partial charge in [-0.2, -0.15) is 0 Å². The van der Waals surface area contributed by atoms with Crippen molar-refractivity contribution in [2.24, 2.45) is 5.73 Å². The summed E-state index contributed by atoms with van der Waals surface area (Å²) in [5, 5.41) is 11.9. The van der Waals surface area contributed by atoms with Gasteiger partial charge in [0.1, 0.15) is 6.10 Å². The topological polar surface area (TPSA) is 84.6 Å². The SMILES string of the molecule is CCC(O)CNC(=O)C1CCC(CN)O1. The Morgan fingerprint density at radius 1 is 1.67 bits per heavy atom. The predicted molar refractivity (Wildman–Crippen MR) is 56.3 cm³/mol. The second-order valence-corrected chi connectivity index (χ2v) is 3.87. The van der Waals surface area contributed by atoms with Gasteiger partial charge >= 0.3 is 0 Å². The molecule has 0 aromatic heterocycles. The van der Waals surface area contributed by atoms with Crippen molar-refractivity contribution in [1.82, 2.24) is 5.32 Å². The summed E-state index contributed by atoms with van der Waals surface area (Å²) in [5.41, 5.74) is 5.44. The lowest BCUT2D eigenvalue weighted by Gasteiger charge is -2.14. The van der Waals surface area contributed by atoms with Crippen LogP contribution >= 0.6 is 0 Å². The molecule has 4 N–H and O–H groups in total. The van der Waals surface area contributed by atoms with E-state index in [4.69, 9.17) is 10.5 Å². The third-order valence-electron chi connectivity index (χ3n) is 2.65. The third-order valence-corrected chi connectivity index (χ3v) is 2.65. The molecule has 5 heteroatoms. The average molecular weight is 216 g/mol. The first-order valence-electron chi connectivity index (χ1n) is 5.48. The van der Waals surface area contributed by atoms with Crippen molar-refractivity contribution in [3.05, 3.63) is 0 Å². The number of rotatable bonds is 5. The Bertz CT molecular complexity index is 211. The molecule has 1 aliphatic heterocycles. The zero-order chi connectivity index (χ0) is 11.3. The van der Waals surface area contributed by atoms with Gasteiger partial charge in [0.15, 0.2) is 0 Å². The Morgan fingerprint density at radius 2 is 2.40 bits per heavy atom. The van der Waals surface area contributed by atoms with Crippen molar-refractivity contribution >= 4 is 5.91 Å². The largest absolute Gasteiger partial charge is 0.391 e. The van der Waals surface area contributed by atoms with Gasteiger partial charge in [-0.1, -0.05) is 6.92 Å². The number of ether oxygens (including phenoxy) is 1. The first-order valence-corrected chi connectivity index (χ1v) is 5.48. The lowest BCUT2D eigenvalue weighted by molar-refractivity contribution is -0.132. The van der Waals surface area contributed by atoms with Gasteiger partial charge in [0, 0.05) is 13.1 Å². The molecular formula is C10H20N2O3. The van der Waals surface area contributed by atoms with Gasteiger partial charge in [0.2, 0.25) is 5.91 Å². The van der Waals surface area contributed by atoms with Crippen LogP contribution in [0.1, 0.15) is 26.2 Å². The fourth-order valence-electron chi connectivity index (χ4n) is 1.55. The quantitative estimate of drug-likeness (QED) is 0.572. The molecule has 1 fully saturated rings. The minimum absolute atomic E-state index is 0.0110. The number of hydrogen-bond acceptors (Lipinski definition) is 4. The van der Waals surface area contributed by atoms with Crippen LogP contribution in [0.3, 0.4) is 0 Å². The van der Waals surface area contributed by atoms with E-state index in [1.54, 1.807) is 0 Å². The lowest BCUT2D eigenvalue weighted by Crippen LogP contribution is -2.39. The van der Waals surface area contributed by atoms with Gasteiger partial charge in [-0.3, -0.25) is 4.79 Å². The maximum atomic E-state index is 11.5. The summed E-state index contributed by atoms with van der Waals surface area (Å²) < 4.78 is 5.42. The smallest absolute Gasteiger partial charge is 0.249 e. The van der Waals surface area contributed by atoms with Crippen LogP contribution < -0.4 is 11.1 Å². The second kappa shape index (κ2) is 6.05. The lowest BCUT2D eigenvalue weighted by atomic mass is 10.2. The summed E-state index contributed by atoms with van der Waals surface area (Å²) in [4.78, 5) is 11.5. The number of hydrogen-bond donors (Lipinski definition) is 3. The fraction of sp³-hybridized carbons (Fsp3) is 0.900. The number of aliphatic hydroxyl groups is 1. The molecule has 0 aromatic rings. The van der Waals surface area contributed by atoms with E-state index >= 15 is 0 Å². The fourth-order valence-corrected chi connectivity index (χ4v) is 1.55. The molecule has 1 rings (SSSR count). The summed E-state index contributed by atoms with van der Waals surface area (Å²) in [6, 6.07) is 0. The number of aliphatic hydroxyl groups excluding tert-OH is 1. The van der Waals surface area contributed by atoms with E-state index in [-0.39, 0.29) is 18.1 Å². The van der Waals surface area contributed by atoms with Gasteiger partial charge in [0.05, 0.1) is 12.2 Å². The van der Waals surface area contributed by atoms with E-state index in [1.165, 1.54) is 0 Å². The monoisotopic (exact) mass is 216 g/mol. The minimum Gasteiger partial charge on any atom is -0.391 e. The van der Waals surface area contributed by atoms with Crippen molar-refractivity contribution in [3.63, 3.8) is 0 Å². The molecule has 1 saturated heterocycles. The maximum absolute atomic E-state index is 11.5. The van der Waals surface area contributed by atoms with Crippen LogP contribution in [0.15, 0.2) is 0 Å². The molecule has 0 radical (unpaired) electrons. The molecule has 0 spiro atoms. The van der Waals surface area contributed by atoms with Crippen molar-refractivity contribution in [2.75, 3.05) is 13.1 Å². The number of carbonyl (C=O) groups is 1. The highest BCUT2D eigenvalue weighted by Crippen LogP contribution is 2.18. The molecule has 0 bridgehead atoms. The van der Waals surface area contributed by atoms with Gasteiger partial charge in [-0.25, -0.2) is 0 Å². The first kappa shape index (κ1) is 12.4. The van der Waals surface area contributed by atoms with Crippen LogP contribution in [0, 0.1) is 0 Å². The highest BCUT2D eigenvalue weighted by Gasteiger charge is 2.29. The Morgan fingerprint density at radius 3 is 2.93 bits per heavy atom. The second-order valence-electron chi connectivity index (χ2n) is 3.87.